The summed E-state index contributed by atoms with van der Waals surface area (Å²) in [5.41, 5.74) is 2.40. The van der Waals surface area contributed by atoms with E-state index in [9.17, 15) is 4.79 Å². The van der Waals surface area contributed by atoms with E-state index in [4.69, 9.17) is 0 Å². The Kier molecular flexibility index (Phi) is 5.19. The van der Waals surface area contributed by atoms with E-state index in [1.54, 1.807) is 12.3 Å². The smallest absolute Gasteiger partial charge is 0.239 e. The highest BCUT2D eigenvalue weighted by molar-refractivity contribution is 8.15. The summed E-state index contributed by atoms with van der Waals surface area (Å²) in [7, 11) is 0. The third-order valence-corrected chi connectivity index (χ3v) is 4.39. The van der Waals surface area contributed by atoms with Gasteiger partial charge in [-0.25, -0.2) is 0 Å². The van der Waals surface area contributed by atoms with Gasteiger partial charge in [-0.2, -0.15) is 5.10 Å². The fourth-order valence-corrected chi connectivity index (χ4v) is 2.90. The molecule has 1 unspecified atom stereocenters. The summed E-state index contributed by atoms with van der Waals surface area (Å²) in [4.78, 5) is 11.6. The SMILES string of the molecule is C=CCC1S/C(=N/N=C/c2ccc(C(C)(C)C)cc2)NC1=O. The molecule has 4 nitrogen and oxygen atoms in total. The third kappa shape index (κ3) is 4.31. The fourth-order valence-electron chi connectivity index (χ4n) is 1.98. The molecule has 1 N–H and O–H groups in total. The number of carbonyl (C=O) groups is 1. The molecule has 1 aliphatic rings. The normalized spacial score (nSPS) is 20.6. The fraction of sp³-hybridized carbons (Fsp3) is 0.353. The zero-order chi connectivity index (χ0) is 16.2. The van der Waals surface area contributed by atoms with Crippen LogP contribution >= 0.6 is 11.8 Å². The Morgan fingerprint density at radius 2 is 2.00 bits per heavy atom. The van der Waals surface area contributed by atoms with Crippen LogP contribution in [0.25, 0.3) is 0 Å². The van der Waals surface area contributed by atoms with Crippen LogP contribution < -0.4 is 5.32 Å². The minimum Gasteiger partial charge on any atom is -0.303 e. The van der Waals surface area contributed by atoms with Gasteiger partial charge in [0.2, 0.25) is 5.91 Å². The van der Waals surface area contributed by atoms with Crippen LogP contribution in [0.3, 0.4) is 0 Å². The van der Waals surface area contributed by atoms with Crippen molar-refractivity contribution in [3.8, 4) is 0 Å². The number of amidine groups is 1. The van der Waals surface area contributed by atoms with Gasteiger partial charge in [0.25, 0.3) is 0 Å². The summed E-state index contributed by atoms with van der Waals surface area (Å²) < 4.78 is 0. The molecule has 1 aliphatic heterocycles. The average molecular weight is 315 g/mol. The van der Waals surface area contributed by atoms with Gasteiger partial charge in [-0.1, -0.05) is 62.9 Å². The predicted molar refractivity (Wildman–Crippen MR) is 94.5 cm³/mol. The Balaban J connectivity index is 1.99. The van der Waals surface area contributed by atoms with Crippen molar-refractivity contribution in [1.29, 1.82) is 0 Å². The number of allylic oxidation sites excluding steroid dienone is 1. The summed E-state index contributed by atoms with van der Waals surface area (Å²) in [6, 6.07) is 8.23. The highest BCUT2D eigenvalue weighted by atomic mass is 32.2. The number of thioether (sulfide) groups is 1. The van der Waals surface area contributed by atoms with E-state index in [-0.39, 0.29) is 16.6 Å². The Hall–Kier alpha value is -1.88. The van der Waals surface area contributed by atoms with Crippen LogP contribution in [0, 0.1) is 0 Å². The quantitative estimate of drug-likeness (QED) is 0.525. The molecule has 0 aliphatic carbocycles. The zero-order valence-corrected chi connectivity index (χ0v) is 14.0. The molecule has 0 radical (unpaired) electrons. The largest absolute Gasteiger partial charge is 0.303 e. The number of amides is 1. The highest BCUT2D eigenvalue weighted by Crippen LogP contribution is 2.23. The van der Waals surface area contributed by atoms with Crippen molar-refractivity contribution in [1.82, 2.24) is 5.32 Å². The highest BCUT2D eigenvalue weighted by Gasteiger charge is 2.28. The molecule has 0 spiro atoms. The van der Waals surface area contributed by atoms with Crippen LogP contribution in [0.2, 0.25) is 0 Å². The minimum atomic E-state index is -0.141. The van der Waals surface area contributed by atoms with Gasteiger partial charge in [0, 0.05) is 0 Å². The number of nitrogens with zero attached hydrogens (tertiary/aromatic N) is 2. The first-order valence-electron chi connectivity index (χ1n) is 7.20. The maximum atomic E-state index is 11.6. The number of rotatable bonds is 4. The topological polar surface area (TPSA) is 53.8 Å². The molecule has 0 saturated carbocycles. The van der Waals surface area contributed by atoms with Crippen molar-refractivity contribution in [2.75, 3.05) is 0 Å². The van der Waals surface area contributed by atoms with Crippen LogP contribution in [0.1, 0.15) is 38.3 Å². The van der Waals surface area contributed by atoms with Crippen LogP contribution in [0.4, 0.5) is 0 Å². The molecule has 1 saturated heterocycles. The van der Waals surface area contributed by atoms with Gasteiger partial charge < -0.3 is 5.32 Å². The first-order chi connectivity index (χ1) is 10.4. The van der Waals surface area contributed by atoms with Crippen LogP contribution in [-0.4, -0.2) is 22.5 Å². The summed E-state index contributed by atoms with van der Waals surface area (Å²) >= 11 is 1.39. The minimum absolute atomic E-state index is 0.0339. The molecule has 1 atom stereocenters. The predicted octanol–water partition coefficient (Wildman–Crippen LogP) is 3.48. The Morgan fingerprint density at radius 1 is 1.32 bits per heavy atom. The lowest BCUT2D eigenvalue weighted by Gasteiger charge is -2.18. The van der Waals surface area contributed by atoms with Gasteiger partial charge in [0.15, 0.2) is 5.17 Å². The molecule has 1 fully saturated rings. The molecule has 5 heteroatoms. The monoisotopic (exact) mass is 315 g/mol. The van der Waals surface area contributed by atoms with E-state index in [1.165, 1.54) is 17.3 Å². The van der Waals surface area contributed by atoms with E-state index in [0.29, 0.717) is 11.6 Å². The van der Waals surface area contributed by atoms with Gasteiger partial charge >= 0.3 is 0 Å². The standard InChI is InChI=1S/C17H21N3OS/c1-5-6-14-15(21)19-16(22-14)20-18-11-12-7-9-13(10-8-12)17(2,3)4/h5,7-11,14H,1,6H2,2-4H3,(H,19,20,21)/b18-11+. The number of hydrogen-bond donors (Lipinski definition) is 1. The molecule has 1 aromatic carbocycles. The number of benzene rings is 1. The molecule has 1 amide bonds. The Labute approximate surface area is 135 Å². The maximum Gasteiger partial charge on any atom is 0.239 e. The van der Waals surface area contributed by atoms with Crippen molar-refractivity contribution in [2.45, 2.75) is 37.9 Å². The Bertz CT molecular complexity index is 612. The van der Waals surface area contributed by atoms with Crippen molar-refractivity contribution < 1.29 is 4.79 Å². The maximum absolute atomic E-state index is 11.6. The van der Waals surface area contributed by atoms with Crippen LogP contribution in [0.15, 0.2) is 47.1 Å². The second kappa shape index (κ2) is 6.92. The molecule has 1 aromatic rings. The summed E-state index contributed by atoms with van der Waals surface area (Å²) in [5.74, 6) is -0.0339. The van der Waals surface area contributed by atoms with Gasteiger partial charge in [0.05, 0.1) is 11.5 Å². The lowest BCUT2D eigenvalue weighted by Crippen LogP contribution is -2.24. The molecule has 22 heavy (non-hydrogen) atoms. The zero-order valence-electron chi connectivity index (χ0n) is 13.2. The van der Waals surface area contributed by atoms with Crippen LogP contribution in [0.5, 0.6) is 0 Å². The van der Waals surface area contributed by atoms with E-state index in [2.05, 4.69) is 55.0 Å². The molecular formula is C17H21N3OS. The second-order valence-corrected chi connectivity index (χ2v) is 7.33. The molecule has 2 rings (SSSR count). The summed E-state index contributed by atoms with van der Waals surface area (Å²) in [6.45, 7) is 10.2. The van der Waals surface area contributed by atoms with Gasteiger partial charge in [0.1, 0.15) is 0 Å². The van der Waals surface area contributed by atoms with Crippen molar-refractivity contribution >= 4 is 29.1 Å². The van der Waals surface area contributed by atoms with Crippen LogP contribution in [-0.2, 0) is 10.2 Å². The molecular weight excluding hydrogens is 294 g/mol. The van der Waals surface area contributed by atoms with Gasteiger partial charge in [-0.05, 0) is 23.0 Å². The molecule has 116 valence electrons. The Morgan fingerprint density at radius 3 is 2.59 bits per heavy atom. The third-order valence-electron chi connectivity index (χ3n) is 3.29. The van der Waals surface area contributed by atoms with Gasteiger partial charge in [-0.3, -0.25) is 4.79 Å². The number of hydrogen-bond acceptors (Lipinski definition) is 4. The molecule has 0 bridgehead atoms. The lowest BCUT2D eigenvalue weighted by molar-refractivity contribution is -0.118. The summed E-state index contributed by atoms with van der Waals surface area (Å²) in [5, 5.41) is 11.2. The number of carbonyl (C=O) groups excluding carboxylic acids is 1. The van der Waals surface area contributed by atoms with E-state index >= 15 is 0 Å². The summed E-state index contributed by atoms with van der Waals surface area (Å²) in [6.07, 6.45) is 4.06. The molecule has 0 aromatic heterocycles. The van der Waals surface area contributed by atoms with Crippen molar-refractivity contribution in [2.24, 2.45) is 10.2 Å². The first kappa shape index (κ1) is 16.5. The first-order valence-corrected chi connectivity index (χ1v) is 8.08. The van der Waals surface area contributed by atoms with Gasteiger partial charge in [-0.15, -0.1) is 11.7 Å². The van der Waals surface area contributed by atoms with E-state index in [0.717, 1.165) is 5.56 Å². The van der Waals surface area contributed by atoms with Crippen molar-refractivity contribution in [3.05, 3.63) is 48.0 Å². The van der Waals surface area contributed by atoms with Crippen molar-refractivity contribution in [3.63, 3.8) is 0 Å². The van der Waals surface area contributed by atoms with E-state index < -0.39 is 0 Å². The second-order valence-electron chi connectivity index (χ2n) is 6.14. The lowest BCUT2D eigenvalue weighted by atomic mass is 9.87. The average Bonchev–Trinajstić information content (AvgIpc) is 2.79. The molecule has 1 heterocycles. The van der Waals surface area contributed by atoms with E-state index in [1.807, 2.05) is 12.1 Å². The number of nitrogens with one attached hydrogen (secondary N) is 1.